The Kier molecular flexibility index (Phi) is 1.83. The van der Waals surface area contributed by atoms with E-state index in [-0.39, 0.29) is 11.6 Å². The van der Waals surface area contributed by atoms with E-state index in [9.17, 15) is 4.79 Å². The summed E-state index contributed by atoms with van der Waals surface area (Å²) in [5, 5.41) is 3.28. The van der Waals surface area contributed by atoms with Crippen LogP contribution in [0.2, 0.25) is 0 Å². The fourth-order valence-corrected chi connectivity index (χ4v) is 2.25. The molecule has 0 aromatic rings. The Morgan fingerprint density at radius 3 is 2.67 bits per heavy atom. The molecule has 0 aromatic heterocycles. The van der Waals surface area contributed by atoms with E-state index in [4.69, 9.17) is 4.74 Å². The van der Waals surface area contributed by atoms with Crippen molar-refractivity contribution in [3.8, 4) is 0 Å². The maximum atomic E-state index is 11.1. The maximum Gasteiger partial charge on any atom is 0.306 e. The molecule has 2 fully saturated rings. The van der Waals surface area contributed by atoms with Crippen molar-refractivity contribution < 1.29 is 9.53 Å². The minimum atomic E-state index is -0.109. The van der Waals surface area contributed by atoms with E-state index in [1.54, 1.807) is 0 Å². The highest BCUT2D eigenvalue weighted by Crippen LogP contribution is 2.39. The van der Waals surface area contributed by atoms with Gasteiger partial charge in [0.05, 0.1) is 6.42 Å². The Morgan fingerprint density at radius 1 is 1.50 bits per heavy atom. The van der Waals surface area contributed by atoms with Crippen molar-refractivity contribution in [3.63, 3.8) is 0 Å². The molecular weight excluding hydrogens is 154 g/mol. The van der Waals surface area contributed by atoms with Crippen LogP contribution in [0.25, 0.3) is 0 Å². The SMILES string of the molecule is CC1CC(=O)OC12CCNCC2. The molecule has 1 unspecified atom stereocenters. The lowest BCUT2D eigenvalue weighted by Crippen LogP contribution is -2.45. The summed E-state index contributed by atoms with van der Waals surface area (Å²) in [6, 6.07) is 0. The highest BCUT2D eigenvalue weighted by molar-refractivity contribution is 5.72. The number of rotatable bonds is 0. The molecule has 1 N–H and O–H groups in total. The molecule has 2 aliphatic heterocycles. The minimum Gasteiger partial charge on any atom is -0.459 e. The van der Waals surface area contributed by atoms with Gasteiger partial charge in [0.15, 0.2) is 0 Å². The van der Waals surface area contributed by atoms with Crippen LogP contribution in [0.4, 0.5) is 0 Å². The molecular formula is C9H15NO2. The van der Waals surface area contributed by atoms with E-state index in [0.717, 1.165) is 25.9 Å². The van der Waals surface area contributed by atoms with Crippen LogP contribution in [0.3, 0.4) is 0 Å². The van der Waals surface area contributed by atoms with Gasteiger partial charge in [-0.2, -0.15) is 0 Å². The Hall–Kier alpha value is -0.570. The molecule has 12 heavy (non-hydrogen) atoms. The van der Waals surface area contributed by atoms with Crippen molar-refractivity contribution in [1.29, 1.82) is 0 Å². The Morgan fingerprint density at radius 2 is 2.17 bits per heavy atom. The van der Waals surface area contributed by atoms with Gasteiger partial charge >= 0.3 is 5.97 Å². The average Bonchev–Trinajstić information content (AvgIpc) is 2.29. The Labute approximate surface area is 72.5 Å². The van der Waals surface area contributed by atoms with Crippen molar-refractivity contribution in [3.05, 3.63) is 0 Å². The second-order valence-corrected chi connectivity index (χ2v) is 3.89. The standard InChI is InChI=1S/C9H15NO2/c1-7-6-8(11)12-9(7)2-4-10-5-3-9/h7,10H,2-6H2,1H3. The Balaban J connectivity index is 2.13. The predicted molar refractivity (Wildman–Crippen MR) is 44.7 cm³/mol. The van der Waals surface area contributed by atoms with Crippen molar-refractivity contribution in [2.75, 3.05) is 13.1 Å². The summed E-state index contributed by atoms with van der Waals surface area (Å²) in [5.74, 6) is 0.400. The number of ether oxygens (including phenoxy) is 1. The molecule has 0 saturated carbocycles. The summed E-state index contributed by atoms with van der Waals surface area (Å²) in [4.78, 5) is 11.1. The lowest BCUT2D eigenvalue weighted by molar-refractivity contribution is -0.151. The van der Waals surface area contributed by atoms with Crippen LogP contribution in [-0.2, 0) is 9.53 Å². The number of piperidine rings is 1. The number of esters is 1. The zero-order chi connectivity index (χ0) is 8.60. The monoisotopic (exact) mass is 169 g/mol. The van der Waals surface area contributed by atoms with Crippen LogP contribution in [-0.4, -0.2) is 24.7 Å². The highest BCUT2D eigenvalue weighted by atomic mass is 16.6. The second-order valence-electron chi connectivity index (χ2n) is 3.89. The molecule has 0 radical (unpaired) electrons. The van der Waals surface area contributed by atoms with E-state index in [1.165, 1.54) is 0 Å². The van der Waals surface area contributed by atoms with Gasteiger partial charge in [0.1, 0.15) is 5.60 Å². The second kappa shape index (κ2) is 2.73. The van der Waals surface area contributed by atoms with E-state index in [0.29, 0.717) is 12.3 Å². The number of carbonyl (C=O) groups excluding carboxylic acids is 1. The van der Waals surface area contributed by atoms with Crippen molar-refractivity contribution in [2.24, 2.45) is 5.92 Å². The van der Waals surface area contributed by atoms with E-state index in [1.807, 2.05) is 0 Å². The molecule has 2 rings (SSSR count). The van der Waals surface area contributed by atoms with Gasteiger partial charge in [-0.15, -0.1) is 0 Å². The topological polar surface area (TPSA) is 38.3 Å². The summed E-state index contributed by atoms with van der Waals surface area (Å²) >= 11 is 0. The van der Waals surface area contributed by atoms with Crippen LogP contribution in [0.15, 0.2) is 0 Å². The lowest BCUT2D eigenvalue weighted by Gasteiger charge is -2.35. The van der Waals surface area contributed by atoms with Gasteiger partial charge < -0.3 is 10.1 Å². The zero-order valence-electron chi connectivity index (χ0n) is 7.43. The van der Waals surface area contributed by atoms with Crippen LogP contribution in [0, 0.1) is 5.92 Å². The van der Waals surface area contributed by atoms with E-state index >= 15 is 0 Å². The van der Waals surface area contributed by atoms with Crippen molar-refractivity contribution in [1.82, 2.24) is 5.32 Å². The summed E-state index contributed by atoms with van der Waals surface area (Å²) in [6.45, 7) is 4.09. The normalized spacial score (nSPS) is 33.8. The third-order valence-electron chi connectivity index (χ3n) is 3.14. The van der Waals surface area contributed by atoms with Gasteiger partial charge in [-0.1, -0.05) is 6.92 Å². The van der Waals surface area contributed by atoms with Gasteiger partial charge in [-0.25, -0.2) is 0 Å². The van der Waals surface area contributed by atoms with Crippen LogP contribution >= 0.6 is 0 Å². The molecule has 0 amide bonds. The summed E-state index contributed by atoms with van der Waals surface area (Å²) < 4.78 is 5.42. The highest BCUT2D eigenvalue weighted by Gasteiger charge is 2.46. The maximum absolute atomic E-state index is 11.1. The molecule has 3 heteroatoms. The number of hydrogen-bond donors (Lipinski definition) is 1. The molecule has 1 atom stereocenters. The molecule has 2 heterocycles. The fourth-order valence-electron chi connectivity index (χ4n) is 2.25. The van der Waals surface area contributed by atoms with Gasteiger partial charge in [0.25, 0.3) is 0 Å². The third-order valence-corrected chi connectivity index (χ3v) is 3.14. The summed E-state index contributed by atoms with van der Waals surface area (Å²) in [6.07, 6.45) is 2.58. The zero-order valence-corrected chi connectivity index (χ0v) is 7.43. The molecule has 2 aliphatic rings. The van der Waals surface area contributed by atoms with E-state index < -0.39 is 0 Å². The molecule has 0 aliphatic carbocycles. The van der Waals surface area contributed by atoms with Crippen LogP contribution < -0.4 is 5.32 Å². The molecule has 1 spiro atoms. The quantitative estimate of drug-likeness (QED) is 0.542. The molecule has 0 aromatic carbocycles. The summed E-state index contributed by atoms with van der Waals surface area (Å²) in [7, 11) is 0. The molecule has 68 valence electrons. The van der Waals surface area contributed by atoms with Gasteiger partial charge in [0, 0.05) is 18.8 Å². The minimum absolute atomic E-state index is 0.00981. The van der Waals surface area contributed by atoms with E-state index in [2.05, 4.69) is 12.2 Å². The summed E-state index contributed by atoms with van der Waals surface area (Å²) in [5.41, 5.74) is -0.109. The molecule has 0 bridgehead atoms. The van der Waals surface area contributed by atoms with Gasteiger partial charge in [-0.05, 0) is 13.1 Å². The third kappa shape index (κ3) is 1.12. The first-order valence-electron chi connectivity index (χ1n) is 4.65. The average molecular weight is 169 g/mol. The number of carbonyl (C=O) groups is 1. The lowest BCUT2D eigenvalue weighted by atomic mass is 9.81. The van der Waals surface area contributed by atoms with Gasteiger partial charge in [0.2, 0.25) is 0 Å². The molecule has 2 saturated heterocycles. The largest absolute Gasteiger partial charge is 0.459 e. The van der Waals surface area contributed by atoms with Crippen molar-refractivity contribution >= 4 is 5.97 Å². The van der Waals surface area contributed by atoms with Crippen molar-refractivity contribution in [2.45, 2.75) is 31.8 Å². The Bertz CT molecular complexity index is 197. The van der Waals surface area contributed by atoms with Crippen LogP contribution in [0.5, 0.6) is 0 Å². The first-order chi connectivity index (χ1) is 5.73. The van der Waals surface area contributed by atoms with Gasteiger partial charge in [-0.3, -0.25) is 4.79 Å². The fraction of sp³-hybridized carbons (Fsp3) is 0.889. The smallest absolute Gasteiger partial charge is 0.306 e. The number of nitrogens with one attached hydrogen (secondary N) is 1. The number of hydrogen-bond acceptors (Lipinski definition) is 3. The van der Waals surface area contributed by atoms with Crippen LogP contribution in [0.1, 0.15) is 26.2 Å². The first kappa shape index (κ1) is 8.05. The molecule has 3 nitrogen and oxygen atoms in total. The predicted octanol–water partition coefficient (Wildman–Crippen LogP) is 0.692. The first-order valence-corrected chi connectivity index (χ1v) is 4.65.